The van der Waals surface area contributed by atoms with Gasteiger partial charge in [-0.15, -0.1) is 0 Å². The predicted octanol–water partition coefficient (Wildman–Crippen LogP) is 26.4. The number of rotatable bonds is 10. The van der Waals surface area contributed by atoms with E-state index in [0.29, 0.717) is 22.8 Å². The number of hydrogen-bond donors (Lipinski definition) is 0. The summed E-state index contributed by atoms with van der Waals surface area (Å²) in [6.07, 6.45) is 0. The molecule has 0 atom stereocenters. The highest BCUT2D eigenvalue weighted by Gasteiger charge is 2.30. The molecule has 108 heavy (non-hydrogen) atoms. The largest absolute Gasteiger partial charge is 0.228 e. The molecule has 21 rings (SSSR count). The van der Waals surface area contributed by atoms with Crippen LogP contribution in [0.1, 0.15) is 11.1 Å². The lowest BCUT2D eigenvalue weighted by Gasteiger charge is -2.21. The second kappa shape index (κ2) is 26.2. The van der Waals surface area contributed by atoms with Crippen LogP contribution in [0.5, 0.6) is 0 Å². The second-order valence-electron chi connectivity index (χ2n) is 27.5. The van der Waals surface area contributed by atoms with Crippen molar-refractivity contribution in [1.29, 1.82) is 10.5 Å². The molecule has 0 aliphatic heterocycles. The van der Waals surface area contributed by atoms with Gasteiger partial charge in [-0.3, -0.25) is 0 Å². The zero-order valence-electron chi connectivity index (χ0n) is 58.3. The molecule has 498 valence electrons. The molecule has 0 N–H and O–H groups in total. The van der Waals surface area contributed by atoms with Gasteiger partial charge in [-0.2, -0.15) is 10.5 Å². The van der Waals surface area contributed by atoms with Gasteiger partial charge >= 0.3 is 0 Å². The molecule has 0 fully saturated rings. The van der Waals surface area contributed by atoms with Crippen molar-refractivity contribution in [3.05, 3.63) is 375 Å². The van der Waals surface area contributed by atoms with Crippen molar-refractivity contribution in [2.75, 3.05) is 0 Å². The summed E-state index contributed by atoms with van der Waals surface area (Å²) in [6, 6.07) is 132. The van der Waals surface area contributed by atoms with Crippen LogP contribution in [-0.2, 0) is 0 Å². The molecule has 0 radical (unpaired) electrons. The fourth-order valence-electron chi connectivity index (χ4n) is 16.7. The van der Waals surface area contributed by atoms with Crippen LogP contribution in [0.2, 0.25) is 0 Å². The van der Waals surface area contributed by atoms with Gasteiger partial charge in [0.15, 0.2) is 11.6 Å². The summed E-state index contributed by atoms with van der Waals surface area (Å²) in [5.74, 6) is 1.39. The molecule has 2 heterocycles. The fraction of sp³-hybridized carbons (Fsp3) is 0. The van der Waals surface area contributed by atoms with Gasteiger partial charge < -0.3 is 0 Å². The second-order valence-corrected chi connectivity index (χ2v) is 27.5. The van der Waals surface area contributed by atoms with Crippen molar-refractivity contribution in [1.82, 2.24) is 19.9 Å². The average Bonchev–Trinajstić information content (AvgIpc) is 1.41. The molecule has 2 aliphatic carbocycles. The summed E-state index contributed by atoms with van der Waals surface area (Å²) in [4.78, 5) is 20.7. The molecule has 0 unspecified atom stereocenters. The highest BCUT2D eigenvalue weighted by atomic mass is 14.9. The van der Waals surface area contributed by atoms with E-state index in [1.165, 1.54) is 82.7 Å². The molecule has 2 aromatic heterocycles. The fourth-order valence-corrected chi connectivity index (χ4v) is 16.7. The third-order valence-corrected chi connectivity index (χ3v) is 21.6. The molecular formula is C102H60N6. The number of nitriles is 2. The van der Waals surface area contributed by atoms with Gasteiger partial charge in [0, 0.05) is 33.4 Å². The van der Waals surface area contributed by atoms with Crippen molar-refractivity contribution in [3.8, 4) is 169 Å². The zero-order chi connectivity index (χ0) is 71.8. The van der Waals surface area contributed by atoms with Crippen LogP contribution in [-0.4, -0.2) is 19.9 Å². The maximum absolute atomic E-state index is 9.64. The van der Waals surface area contributed by atoms with Crippen LogP contribution in [0.3, 0.4) is 0 Å². The quantitative estimate of drug-likeness (QED) is 0.127. The van der Waals surface area contributed by atoms with Crippen LogP contribution < -0.4 is 0 Å². The highest BCUT2D eigenvalue weighted by Crippen LogP contribution is 2.56. The maximum atomic E-state index is 9.64. The van der Waals surface area contributed by atoms with E-state index in [2.05, 4.69) is 291 Å². The summed E-state index contributed by atoms with van der Waals surface area (Å²) in [5, 5.41) is 31.0. The van der Waals surface area contributed by atoms with Gasteiger partial charge in [-0.05, 0) is 179 Å². The Labute approximate surface area is 624 Å². The first kappa shape index (κ1) is 62.9. The van der Waals surface area contributed by atoms with E-state index in [9.17, 15) is 10.5 Å². The molecule has 0 spiro atoms. The van der Waals surface area contributed by atoms with Crippen LogP contribution in [0, 0.1) is 22.7 Å². The lowest BCUT2D eigenvalue weighted by molar-refractivity contribution is 1.18. The summed E-state index contributed by atoms with van der Waals surface area (Å²) in [7, 11) is 0. The maximum Gasteiger partial charge on any atom is 0.160 e. The van der Waals surface area contributed by atoms with Crippen LogP contribution in [0.25, 0.3) is 211 Å². The van der Waals surface area contributed by atoms with Gasteiger partial charge in [-0.1, -0.05) is 328 Å². The Kier molecular flexibility index (Phi) is 15.2. The molecule has 2 aliphatic rings. The smallest absolute Gasteiger partial charge is 0.160 e. The minimum Gasteiger partial charge on any atom is -0.228 e. The predicted molar refractivity (Wildman–Crippen MR) is 444 cm³/mol. The summed E-state index contributed by atoms with van der Waals surface area (Å²) in [6.45, 7) is 0. The molecule has 0 amide bonds. The van der Waals surface area contributed by atoms with E-state index in [0.717, 1.165) is 116 Å². The van der Waals surface area contributed by atoms with Gasteiger partial charge in [0.25, 0.3) is 0 Å². The third-order valence-electron chi connectivity index (χ3n) is 21.6. The van der Waals surface area contributed by atoms with Crippen molar-refractivity contribution in [3.63, 3.8) is 0 Å². The van der Waals surface area contributed by atoms with Gasteiger partial charge in [-0.25, -0.2) is 19.9 Å². The Morgan fingerprint density at radius 2 is 0.454 bits per heavy atom. The Hall–Kier alpha value is -14.8. The number of nitrogens with zero attached hydrogens (tertiary/aromatic N) is 6. The molecule has 17 aromatic carbocycles. The van der Waals surface area contributed by atoms with E-state index in [1.807, 2.05) is 84.9 Å². The Morgan fingerprint density at radius 1 is 0.176 bits per heavy atom. The average molecular weight is 1370 g/mol. The highest BCUT2D eigenvalue weighted by molar-refractivity contribution is 6.29. The van der Waals surface area contributed by atoms with E-state index < -0.39 is 0 Å². The lowest BCUT2D eigenvalue weighted by atomic mass is 9.83. The van der Waals surface area contributed by atoms with Crippen molar-refractivity contribution >= 4 is 53.9 Å². The summed E-state index contributed by atoms with van der Waals surface area (Å²) >= 11 is 0. The van der Waals surface area contributed by atoms with E-state index in [-0.39, 0.29) is 0 Å². The first-order valence-corrected chi connectivity index (χ1v) is 36.4. The SMILES string of the molecule is N#Cc1ccc(-c2ccc3c4c(ccc(-c5c6ccccc6c(-c6cc(-c7ccccc7)nc(-c7ccccc7)n6)c6ccccc56)c24)-c2ccccc2-3)cc1.N#Cc1ccc(-c2ccc3c4c(ccc(-c5ccc(-c6cc(-c7ccccc7)nc(-c7ccccc7)n6)c6ccccc56)c24)-c2ccccc2-3)cc1. The van der Waals surface area contributed by atoms with Crippen molar-refractivity contribution < 1.29 is 0 Å². The topological polar surface area (TPSA) is 99.1 Å². The monoisotopic (exact) mass is 1370 g/mol. The van der Waals surface area contributed by atoms with E-state index in [4.69, 9.17) is 19.9 Å². The first-order chi connectivity index (χ1) is 53.5. The first-order valence-electron chi connectivity index (χ1n) is 36.4. The lowest BCUT2D eigenvalue weighted by Crippen LogP contribution is -1.98. The number of fused-ring (bicyclic) bond motifs is 9. The third kappa shape index (κ3) is 10.5. The summed E-state index contributed by atoms with van der Waals surface area (Å²) < 4.78 is 0. The van der Waals surface area contributed by atoms with Gasteiger partial charge in [0.2, 0.25) is 0 Å². The Balaban J connectivity index is 0.000000143. The van der Waals surface area contributed by atoms with Crippen molar-refractivity contribution in [2.45, 2.75) is 0 Å². The van der Waals surface area contributed by atoms with Crippen LogP contribution in [0.15, 0.2) is 364 Å². The normalized spacial score (nSPS) is 11.5. The molecule has 0 bridgehead atoms. The van der Waals surface area contributed by atoms with E-state index >= 15 is 0 Å². The minimum absolute atomic E-state index is 0.649. The van der Waals surface area contributed by atoms with Crippen molar-refractivity contribution in [2.24, 2.45) is 0 Å². The van der Waals surface area contributed by atoms with Crippen LogP contribution >= 0.6 is 0 Å². The molecule has 19 aromatic rings. The molecule has 6 nitrogen and oxygen atoms in total. The molecule has 6 heteroatoms. The number of aromatic nitrogens is 4. The van der Waals surface area contributed by atoms with E-state index in [1.54, 1.807) is 0 Å². The molecular weight excluding hydrogens is 1310 g/mol. The Morgan fingerprint density at radius 3 is 0.870 bits per heavy atom. The molecule has 0 saturated heterocycles. The standard InChI is InChI=1S/C53H31N3.C49H29N3/c54-32-33-23-25-34(26-24-33)37-27-28-44-38-17-7-8-18-39(38)45-29-30-46(51(37)52(44)45)49-40-19-9-11-21-42(40)50(43-22-12-10-20-41(43)49)48-31-47(35-13-3-1-4-14-35)55-53(56-48)36-15-5-2-6-16-36;50-30-31-19-21-32(22-20-31)35-23-26-42-38-17-9-10-18-39(38)43-27-28-44(47(35)48(42)43)40-24-25-41(37-16-8-7-15-36(37)40)46-29-45(33-11-3-1-4-12-33)51-49(52-46)34-13-5-2-6-14-34/h1-31H;1-29H. The van der Waals surface area contributed by atoms with Gasteiger partial charge in [0.05, 0.1) is 46.0 Å². The van der Waals surface area contributed by atoms with Gasteiger partial charge in [0.1, 0.15) is 0 Å². The zero-order valence-corrected chi connectivity index (χ0v) is 58.3. The molecule has 0 saturated carbocycles. The Bertz CT molecular complexity index is 6730. The number of hydrogen-bond acceptors (Lipinski definition) is 6. The summed E-state index contributed by atoms with van der Waals surface area (Å²) in [5.41, 5.74) is 30.2. The van der Waals surface area contributed by atoms with Crippen LogP contribution in [0.4, 0.5) is 0 Å². The number of benzene rings is 17. The minimum atomic E-state index is 0.649.